The number of ether oxygens (including phenoxy) is 2. The van der Waals surface area contributed by atoms with E-state index in [4.69, 9.17) is 9.47 Å². The largest absolute Gasteiger partial charge is 0.347 e. The molecule has 3 heteroatoms. The van der Waals surface area contributed by atoms with Gasteiger partial charge in [0.2, 0.25) is 0 Å². The van der Waals surface area contributed by atoms with E-state index in [1.165, 1.54) is 11.1 Å². The second-order valence-electron chi connectivity index (χ2n) is 5.93. The van der Waals surface area contributed by atoms with Gasteiger partial charge in [-0.3, -0.25) is 0 Å². The molecule has 3 aliphatic rings. The van der Waals surface area contributed by atoms with Gasteiger partial charge in [-0.25, -0.2) is 0 Å². The van der Waals surface area contributed by atoms with Crippen LogP contribution in [0.15, 0.2) is 24.3 Å². The van der Waals surface area contributed by atoms with Crippen LogP contribution in [0.3, 0.4) is 0 Å². The van der Waals surface area contributed by atoms with Gasteiger partial charge in [0.1, 0.15) is 6.29 Å². The number of fused-ring (bicyclic) bond motifs is 4. The zero-order chi connectivity index (χ0) is 12.9. The van der Waals surface area contributed by atoms with Crippen LogP contribution in [0.5, 0.6) is 0 Å². The molecular weight excluding hydrogens is 240 g/mol. The molecule has 1 aromatic carbocycles. The van der Waals surface area contributed by atoms with Gasteiger partial charge < -0.3 is 14.3 Å². The summed E-state index contributed by atoms with van der Waals surface area (Å²) < 4.78 is 11.9. The van der Waals surface area contributed by atoms with E-state index in [2.05, 4.69) is 18.2 Å². The van der Waals surface area contributed by atoms with Crippen LogP contribution in [0.4, 0.5) is 0 Å². The average Bonchev–Trinajstić information content (AvgIpc) is 3.04. The third-order valence-electron chi connectivity index (χ3n) is 5.20. The van der Waals surface area contributed by atoms with Gasteiger partial charge in [-0.05, 0) is 30.4 Å². The van der Waals surface area contributed by atoms with Crippen LogP contribution in [0.1, 0.15) is 30.4 Å². The molecule has 0 N–H and O–H groups in total. The molecule has 1 saturated carbocycles. The number of benzene rings is 1. The molecule has 1 saturated heterocycles. The Morgan fingerprint density at radius 3 is 2.74 bits per heavy atom. The molecule has 2 atom stereocenters. The molecule has 0 aromatic heterocycles. The van der Waals surface area contributed by atoms with E-state index in [-0.39, 0.29) is 11.3 Å². The summed E-state index contributed by atoms with van der Waals surface area (Å²) in [5.74, 6) is -0.371. The van der Waals surface area contributed by atoms with Crippen LogP contribution in [-0.4, -0.2) is 25.3 Å². The van der Waals surface area contributed by atoms with Crippen molar-refractivity contribution in [3.63, 3.8) is 0 Å². The summed E-state index contributed by atoms with van der Waals surface area (Å²) in [5.41, 5.74) is 2.10. The number of rotatable bonds is 1. The zero-order valence-corrected chi connectivity index (χ0v) is 10.9. The summed E-state index contributed by atoms with van der Waals surface area (Å²) >= 11 is 0. The molecule has 0 bridgehead atoms. The number of hydrogen-bond acceptors (Lipinski definition) is 3. The van der Waals surface area contributed by atoms with Gasteiger partial charge in [0.15, 0.2) is 5.79 Å². The van der Waals surface area contributed by atoms with E-state index in [0.717, 1.165) is 32.0 Å². The Morgan fingerprint density at radius 2 is 1.95 bits per heavy atom. The third-order valence-corrected chi connectivity index (χ3v) is 5.20. The highest BCUT2D eigenvalue weighted by Gasteiger charge is 2.61. The van der Waals surface area contributed by atoms with Gasteiger partial charge in [-0.2, -0.15) is 0 Å². The number of carbonyl (C=O) groups is 1. The molecule has 1 spiro atoms. The first-order chi connectivity index (χ1) is 9.31. The first-order valence-electron chi connectivity index (χ1n) is 7.13. The van der Waals surface area contributed by atoms with Crippen molar-refractivity contribution in [2.24, 2.45) is 5.92 Å². The van der Waals surface area contributed by atoms with Gasteiger partial charge in [-0.1, -0.05) is 24.3 Å². The van der Waals surface area contributed by atoms with Crippen molar-refractivity contribution >= 4 is 6.29 Å². The fraction of sp³-hybridized carbons (Fsp3) is 0.562. The zero-order valence-electron chi connectivity index (χ0n) is 10.9. The molecule has 1 aromatic rings. The van der Waals surface area contributed by atoms with Crippen LogP contribution in [0, 0.1) is 5.92 Å². The lowest BCUT2D eigenvalue weighted by Crippen LogP contribution is -2.53. The summed E-state index contributed by atoms with van der Waals surface area (Å²) in [5, 5.41) is 0. The summed E-state index contributed by atoms with van der Waals surface area (Å²) in [6.07, 6.45) is 4.89. The Balaban J connectivity index is 1.86. The molecule has 4 rings (SSSR count). The monoisotopic (exact) mass is 258 g/mol. The minimum Gasteiger partial charge on any atom is -0.347 e. The van der Waals surface area contributed by atoms with Crippen molar-refractivity contribution in [3.05, 3.63) is 35.4 Å². The van der Waals surface area contributed by atoms with Crippen LogP contribution < -0.4 is 0 Å². The van der Waals surface area contributed by atoms with Crippen molar-refractivity contribution < 1.29 is 14.3 Å². The maximum atomic E-state index is 12.0. The molecule has 3 nitrogen and oxygen atoms in total. The Labute approximate surface area is 112 Å². The predicted octanol–water partition coefficient (Wildman–Crippen LogP) is 2.22. The molecule has 0 radical (unpaired) electrons. The fourth-order valence-electron chi connectivity index (χ4n) is 4.42. The molecule has 0 unspecified atom stereocenters. The second kappa shape index (κ2) is 3.90. The van der Waals surface area contributed by atoms with Gasteiger partial charge in [0.05, 0.1) is 18.6 Å². The molecule has 19 heavy (non-hydrogen) atoms. The fourth-order valence-corrected chi connectivity index (χ4v) is 4.42. The van der Waals surface area contributed by atoms with E-state index in [1.807, 2.05) is 6.07 Å². The van der Waals surface area contributed by atoms with Crippen LogP contribution >= 0.6 is 0 Å². The predicted molar refractivity (Wildman–Crippen MR) is 69.9 cm³/mol. The van der Waals surface area contributed by atoms with Crippen LogP contribution in [-0.2, 0) is 26.1 Å². The van der Waals surface area contributed by atoms with E-state index in [1.54, 1.807) is 0 Å². The van der Waals surface area contributed by atoms with Crippen molar-refractivity contribution in [3.8, 4) is 0 Å². The second-order valence-corrected chi connectivity index (χ2v) is 5.93. The lowest BCUT2D eigenvalue weighted by atomic mass is 9.64. The van der Waals surface area contributed by atoms with E-state index in [0.29, 0.717) is 13.2 Å². The molecule has 2 aliphatic carbocycles. The maximum absolute atomic E-state index is 12.0. The number of hydrogen-bond donors (Lipinski definition) is 0. The standard InChI is InChI=1S/C16H18O3/c17-11-15-6-3-7-16(18-8-9-19-16)14(15)10-12-4-1-2-5-13(12)15/h1-2,4-5,11,14H,3,6-10H2/t14-,15+/m0/s1. The van der Waals surface area contributed by atoms with Crippen molar-refractivity contribution in [1.29, 1.82) is 0 Å². The summed E-state index contributed by atoms with van der Waals surface area (Å²) in [7, 11) is 0. The highest BCUT2D eigenvalue weighted by atomic mass is 16.7. The third kappa shape index (κ3) is 1.37. The quantitative estimate of drug-likeness (QED) is 0.725. The minimum absolute atomic E-state index is 0.145. The summed E-state index contributed by atoms with van der Waals surface area (Å²) in [4.78, 5) is 12.0. The number of aldehydes is 1. The molecular formula is C16H18O3. The smallest absolute Gasteiger partial charge is 0.172 e. The highest BCUT2D eigenvalue weighted by Crippen LogP contribution is 2.56. The van der Waals surface area contributed by atoms with Crippen molar-refractivity contribution in [1.82, 2.24) is 0 Å². The summed E-state index contributed by atoms with van der Waals surface area (Å²) in [6.45, 7) is 1.31. The normalized spacial score (nSPS) is 35.1. The maximum Gasteiger partial charge on any atom is 0.172 e. The van der Waals surface area contributed by atoms with E-state index in [9.17, 15) is 4.79 Å². The molecule has 100 valence electrons. The van der Waals surface area contributed by atoms with Crippen LogP contribution in [0.25, 0.3) is 0 Å². The minimum atomic E-state index is -0.516. The van der Waals surface area contributed by atoms with Gasteiger partial charge >= 0.3 is 0 Å². The Hall–Kier alpha value is -1.19. The van der Waals surface area contributed by atoms with Gasteiger partial charge in [-0.15, -0.1) is 0 Å². The number of carbonyl (C=O) groups excluding carboxylic acids is 1. The Kier molecular flexibility index (Phi) is 2.39. The lowest BCUT2D eigenvalue weighted by Gasteiger charge is -2.46. The average molecular weight is 258 g/mol. The Bertz CT molecular complexity index is 518. The molecule has 1 heterocycles. The first kappa shape index (κ1) is 11.6. The van der Waals surface area contributed by atoms with E-state index < -0.39 is 5.79 Å². The molecule has 2 fully saturated rings. The topological polar surface area (TPSA) is 35.5 Å². The lowest BCUT2D eigenvalue weighted by molar-refractivity contribution is -0.225. The van der Waals surface area contributed by atoms with Crippen molar-refractivity contribution in [2.75, 3.05) is 13.2 Å². The van der Waals surface area contributed by atoms with Crippen molar-refractivity contribution in [2.45, 2.75) is 36.9 Å². The first-order valence-corrected chi connectivity index (χ1v) is 7.13. The highest BCUT2D eigenvalue weighted by molar-refractivity contribution is 5.73. The summed E-state index contributed by atoms with van der Waals surface area (Å²) in [6, 6.07) is 8.33. The van der Waals surface area contributed by atoms with E-state index >= 15 is 0 Å². The Morgan fingerprint density at radius 1 is 1.16 bits per heavy atom. The molecule has 1 aliphatic heterocycles. The molecule has 0 amide bonds. The SMILES string of the molecule is O=C[C@@]12CCCC3(OCCO3)[C@H]1Cc1ccccc12. The van der Waals surface area contributed by atoms with Crippen LogP contribution in [0.2, 0.25) is 0 Å². The van der Waals surface area contributed by atoms with Gasteiger partial charge in [0.25, 0.3) is 0 Å². The van der Waals surface area contributed by atoms with Gasteiger partial charge in [0, 0.05) is 12.3 Å².